The Morgan fingerprint density at radius 1 is 1.00 bits per heavy atom. The second-order valence-electron chi connectivity index (χ2n) is 6.78. The van der Waals surface area contributed by atoms with E-state index in [0.717, 1.165) is 17.9 Å². The van der Waals surface area contributed by atoms with Crippen molar-refractivity contribution in [1.29, 1.82) is 0 Å². The fraction of sp³-hybridized carbons (Fsp3) is 1.00. The first kappa shape index (κ1) is 15.3. The van der Waals surface area contributed by atoms with Crippen molar-refractivity contribution in [2.75, 3.05) is 26.2 Å². The predicted octanol–water partition coefficient (Wildman–Crippen LogP) is 3.67. The van der Waals surface area contributed by atoms with Crippen LogP contribution in [0, 0.1) is 11.8 Å². The van der Waals surface area contributed by atoms with Gasteiger partial charge in [0.2, 0.25) is 0 Å². The molecule has 0 aromatic heterocycles. The molecule has 1 heterocycles. The Balaban J connectivity index is 1.67. The quantitative estimate of drug-likeness (QED) is 0.738. The summed E-state index contributed by atoms with van der Waals surface area (Å²) in [6.07, 6.45) is 11.4. The summed E-state index contributed by atoms with van der Waals surface area (Å²) in [6, 6.07) is 0.920. The summed E-state index contributed by atoms with van der Waals surface area (Å²) < 4.78 is 0. The van der Waals surface area contributed by atoms with Gasteiger partial charge in [-0.15, -0.1) is 0 Å². The summed E-state index contributed by atoms with van der Waals surface area (Å²) in [5.41, 5.74) is 0. The van der Waals surface area contributed by atoms with E-state index in [9.17, 15) is 0 Å². The first-order valence-electron chi connectivity index (χ1n) is 8.78. The minimum Gasteiger partial charge on any atom is -0.316 e. The van der Waals surface area contributed by atoms with E-state index in [1.165, 1.54) is 77.5 Å². The third kappa shape index (κ3) is 4.75. The maximum absolute atomic E-state index is 3.60. The van der Waals surface area contributed by atoms with Crippen LogP contribution in [-0.2, 0) is 0 Å². The number of hydrogen-bond donors (Lipinski definition) is 1. The zero-order chi connectivity index (χ0) is 13.5. The van der Waals surface area contributed by atoms with Crippen molar-refractivity contribution >= 4 is 0 Å². The molecule has 112 valence electrons. The van der Waals surface area contributed by atoms with Gasteiger partial charge in [0.05, 0.1) is 0 Å². The van der Waals surface area contributed by atoms with Gasteiger partial charge in [0.15, 0.2) is 0 Å². The Hall–Kier alpha value is -0.0800. The highest BCUT2D eigenvalue weighted by atomic mass is 15.2. The molecule has 2 nitrogen and oxygen atoms in total. The fourth-order valence-electron chi connectivity index (χ4n) is 3.97. The van der Waals surface area contributed by atoms with Gasteiger partial charge in [-0.2, -0.15) is 0 Å². The SMILES string of the molecule is CCCNCC1CCN(C2CCCC(CC)C2)CC1. The van der Waals surface area contributed by atoms with Crippen LogP contribution in [0.25, 0.3) is 0 Å². The lowest BCUT2D eigenvalue weighted by molar-refractivity contribution is 0.0885. The highest BCUT2D eigenvalue weighted by Crippen LogP contribution is 2.31. The van der Waals surface area contributed by atoms with Crippen molar-refractivity contribution in [2.24, 2.45) is 11.8 Å². The largest absolute Gasteiger partial charge is 0.316 e. The third-order valence-electron chi connectivity index (χ3n) is 5.36. The molecule has 19 heavy (non-hydrogen) atoms. The van der Waals surface area contributed by atoms with Gasteiger partial charge in [0.1, 0.15) is 0 Å². The van der Waals surface area contributed by atoms with Gasteiger partial charge in [-0.25, -0.2) is 0 Å². The smallest absolute Gasteiger partial charge is 0.00978 e. The van der Waals surface area contributed by atoms with E-state index in [0.29, 0.717) is 0 Å². The van der Waals surface area contributed by atoms with Gasteiger partial charge >= 0.3 is 0 Å². The molecule has 2 aliphatic rings. The fourth-order valence-corrected chi connectivity index (χ4v) is 3.97. The number of likely N-dealkylation sites (tertiary alicyclic amines) is 1. The van der Waals surface area contributed by atoms with Crippen molar-refractivity contribution in [3.8, 4) is 0 Å². The Bertz CT molecular complexity index is 233. The van der Waals surface area contributed by atoms with E-state index in [1.807, 2.05) is 0 Å². The summed E-state index contributed by atoms with van der Waals surface area (Å²) in [4.78, 5) is 2.82. The van der Waals surface area contributed by atoms with Crippen molar-refractivity contribution < 1.29 is 0 Å². The van der Waals surface area contributed by atoms with Crippen LogP contribution in [0.4, 0.5) is 0 Å². The molecular formula is C17H34N2. The number of nitrogens with one attached hydrogen (secondary N) is 1. The second kappa shape index (κ2) is 8.26. The van der Waals surface area contributed by atoms with Crippen molar-refractivity contribution in [3.05, 3.63) is 0 Å². The molecule has 1 N–H and O–H groups in total. The molecule has 1 saturated heterocycles. The molecule has 0 radical (unpaired) electrons. The molecule has 2 heteroatoms. The minimum atomic E-state index is 0.920. The van der Waals surface area contributed by atoms with Gasteiger partial charge < -0.3 is 10.2 Å². The van der Waals surface area contributed by atoms with Gasteiger partial charge in [-0.05, 0) is 70.1 Å². The molecule has 2 rings (SSSR count). The first-order valence-corrected chi connectivity index (χ1v) is 8.78. The highest BCUT2D eigenvalue weighted by Gasteiger charge is 2.28. The molecule has 0 bridgehead atoms. The predicted molar refractivity (Wildman–Crippen MR) is 83.5 cm³/mol. The molecule has 0 spiro atoms. The average Bonchev–Trinajstić information content (AvgIpc) is 2.48. The Labute approximate surface area is 120 Å². The van der Waals surface area contributed by atoms with Crippen LogP contribution in [-0.4, -0.2) is 37.1 Å². The molecule has 1 saturated carbocycles. The summed E-state index contributed by atoms with van der Waals surface area (Å²) in [5, 5.41) is 3.60. The Morgan fingerprint density at radius 2 is 1.79 bits per heavy atom. The lowest BCUT2D eigenvalue weighted by Crippen LogP contribution is -2.45. The molecule has 2 fully saturated rings. The molecule has 1 aliphatic heterocycles. The standard InChI is InChI=1S/C17H34N2/c1-3-10-18-14-16-8-11-19(12-9-16)17-7-5-6-15(4-2)13-17/h15-18H,3-14H2,1-2H3. The topological polar surface area (TPSA) is 15.3 Å². The van der Waals surface area contributed by atoms with E-state index in [-0.39, 0.29) is 0 Å². The van der Waals surface area contributed by atoms with Gasteiger partial charge in [0.25, 0.3) is 0 Å². The maximum atomic E-state index is 3.60. The van der Waals surface area contributed by atoms with Crippen LogP contribution in [0.15, 0.2) is 0 Å². The van der Waals surface area contributed by atoms with Crippen LogP contribution < -0.4 is 5.32 Å². The lowest BCUT2D eigenvalue weighted by Gasteiger charge is -2.41. The van der Waals surface area contributed by atoms with E-state index < -0.39 is 0 Å². The first-order chi connectivity index (χ1) is 9.33. The summed E-state index contributed by atoms with van der Waals surface area (Å²) >= 11 is 0. The molecule has 0 aromatic rings. The van der Waals surface area contributed by atoms with Gasteiger partial charge in [-0.3, -0.25) is 0 Å². The summed E-state index contributed by atoms with van der Waals surface area (Å²) in [5.74, 6) is 1.95. The number of hydrogen-bond acceptors (Lipinski definition) is 2. The lowest BCUT2D eigenvalue weighted by atomic mass is 9.82. The van der Waals surface area contributed by atoms with E-state index in [1.54, 1.807) is 0 Å². The summed E-state index contributed by atoms with van der Waals surface area (Å²) in [6.45, 7) is 9.80. The maximum Gasteiger partial charge on any atom is 0.00978 e. The molecule has 0 aromatic carbocycles. The third-order valence-corrected chi connectivity index (χ3v) is 5.36. The van der Waals surface area contributed by atoms with Crippen molar-refractivity contribution in [3.63, 3.8) is 0 Å². The van der Waals surface area contributed by atoms with Crippen LogP contribution in [0.3, 0.4) is 0 Å². The van der Waals surface area contributed by atoms with Crippen molar-refractivity contribution in [1.82, 2.24) is 10.2 Å². The normalized spacial score (nSPS) is 30.6. The zero-order valence-electron chi connectivity index (χ0n) is 13.2. The van der Waals surface area contributed by atoms with E-state index in [2.05, 4.69) is 24.1 Å². The minimum absolute atomic E-state index is 0.920. The van der Waals surface area contributed by atoms with Crippen LogP contribution >= 0.6 is 0 Å². The summed E-state index contributed by atoms with van der Waals surface area (Å²) in [7, 11) is 0. The van der Waals surface area contributed by atoms with Gasteiger partial charge in [-0.1, -0.05) is 33.1 Å². The molecule has 1 aliphatic carbocycles. The molecular weight excluding hydrogens is 232 g/mol. The number of piperidine rings is 1. The van der Waals surface area contributed by atoms with Crippen LogP contribution in [0.5, 0.6) is 0 Å². The highest BCUT2D eigenvalue weighted by molar-refractivity contribution is 4.83. The van der Waals surface area contributed by atoms with Gasteiger partial charge in [0, 0.05) is 6.04 Å². The molecule has 0 amide bonds. The van der Waals surface area contributed by atoms with E-state index in [4.69, 9.17) is 0 Å². The average molecular weight is 266 g/mol. The zero-order valence-corrected chi connectivity index (χ0v) is 13.2. The second-order valence-corrected chi connectivity index (χ2v) is 6.78. The Morgan fingerprint density at radius 3 is 2.47 bits per heavy atom. The molecule has 2 atom stereocenters. The Kier molecular flexibility index (Phi) is 6.66. The molecule has 2 unspecified atom stereocenters. The van der Waals surface area contributed by atoms with E-state index >= 15 is 0 Å². The van der Waals surface area contributed by atoms with Crippen molar-refractivity contribution in [2.45, 2.75) is 71.3 Å². The van der Waals surface area contributed by atoms with Crippen LogP contribution in [0.1, 0.15) is 65.2 Å². The monoisotopic (exact) mass is 266 g/mol. The number of rotatable bonds is 6. The number of nitrogens with zero attached hydrogens (tertiary/aromatic N) is 1. The van der Waals surface area contributed by atoms with Crippen LogP contribution in [0.2, 0.25) is 0 Å².